The molecule has 1 aliphatic heterocycles. The fourth-order valence-electron chi connectivity index (χ4n) is 4.85. The number of hydrogen-bond donors (Lipinski definition) is 2. The van der Waals surface area contributed by atoms with Crippen LogP contribution in [0, 0.1) is 12.8 Å². The van der Waals surface area contributed by atoms with Crippen LogP contribution in [-0.2, 0) is 0 Å². The zero-order valence-electron chi connectivity index (χ0n) is 21.2. The largest absolute Gasteiger partial charge is 0.354 e. The van der Waals surface area contributed by atoms with Gasteiger partial charge in [0, 0.05) is 41.0 Å². The van der Waals surface area contributed by atoms with Gasteiger partial charge in [0.25, 0.3) is 5.91 Å². The van der Waals surface area contributed by atoms with Crippen molar-refractivity contribution in [2.45, 2.75) is 51.5 Å². The molecule has 1 saturated heterocycles. The minimum Gasteiger partial charge on any atom is -0.354 e. The molecule has 3 aromatic rings. The summed E-state index contributed by atoms with van der Waals surface area (Å²) in [6.07, 6.45) is 8.60. The minimum atomic E-state index is -0.245. The van der Waals surface area contributed by atoms with Gasteiger partial charge in [0.15, 0.2) is 0 Å². The monoisotopic (exact) mass is 567 g/mol. The minimum absolute atomic E-state index is 0. The van der Waals surface area contributed by atoms with Gasteiger partial charge in [0.2, 0.25) is 5.95 Å². The standard InChI is InChI=1S/C27H34FN5OS.2ClH/c1-18-17-30-27(29-12-3-4-19-9-13-33(14-10-19)15-11-28)32-25(18)24-16-22-21(5-2-6-23(22)35-24)26(34)31-20-7-8-20;;/h2,5-6,16-17,19-20H,3-4,7-15H2,1H3,(H,31,34)(H,29,30,32);2*1H. The summed E-state index contributed by atoms with van der Waals surface area (Å²) in [5.41, 5.74) is 2.67. The summed E-state index contributed by atoms with van der Waals surface area (Å²) in [7, 11) is 0. The number of alkyl halides is 1. The molecule has 0 atom stereocenters. The number of rotatable bonds is 10. The van der Waals surface area contributed by atoms with Crippen molar-refractivity contribution in [3.05, 3.63) is 41.6 Å². The van der Waals surface area contributed by atoms with E-state index in [0.717, 1.165) is 89.4 Å². The fourth-order valence-corrected chi connectivity index (χ4v) is 5.99. The molecule has 3 heterocycles. The predicted octanol–water partition coefficient (Wildman–Crippen LogP) is 6.28. The third-order valence-electron chi connectivity index (χ3n) is 7.10. The second kappa shape index (κ2) is 13.7. The molecule has 0 radical (unpaired) electrons. The number of benzene rings is 1. The predicted molar refractivity (Wildman–Crippen MR) is 155 cm³/mol. The Hall–Kier alpha value is -2.00. The highest BCUT2D eigenvalue weighted by atomic mass is 35.5. The van der Waals surface area contributed by atoms with Gasteiger partial charge in [-0.25, -0.2) is 14.4 Å². The summed E-state index contributed by atoms with van der Waals surface area (Å²) in [5.74, 6) is 1.39. The molecule has 2 aromatic heterocycles. The number of likely N-dealkylation sites (tertiary alicyclic amines) is 1. The van der Waals surface area contributed by atoms with E-state index in [1.54, 1.807) is 11.3 Å². The number of fused-ring (bicyclic) bond motifs is 1. The zero-order chi connectivity index (χ0) is 24.2. The lowest BCUT2D eigenvalue weighted by molar-refractivity contribution is 0.0952. The molecule has 0 spiro atoms. The number of anilines is 1. The van der Waals surface area contributed by atoms with E-state index < -0.39 is 0 Å². The van der Waals surface area contributed by atoms with Gasteiger partial charge in [-0.2, -0.15) is 0 Å². The molecule has 2 fully saturated rings. The molecule has 1 aromatic carbocycles. The lowest BCUT2D eigenvalue weighted by Gasteiger charge is -2.31. The first-order valence-corrected chi connectivity index (χ1v) is 13.6. The van der Waals surface area contributed by atoms with Crippen LogP contribution < -0.4 is 10.6 Å². The van der Waals surface area contributed by atoms with Crippen LogP contribution >= 0.6 is 36.2 Å². The first-order chi connectivity index (χ1) is 17.1. The normalized spacial score (nSPS) is 16.2. The Bertz CT molecular complexity index is 1180. The number of aromatic nitrogens is 2. The fraction of sp³-hybridized carbons (Fsp3) is 0.519. The van der Waals surface area contributed by atoms with E-state index in [1.165, 1.54) is 6.42 Å². The Morgan fingerprint density at radius 3 is 2.70 bits per heavy atom. The van der Waals surface area contributed by atoms with Crippen molar-refractivity contribution in [3.8, 4) is 10.6 Å². The number of nitrogens with one attached hydrogen (secondary N) is 2. The van der Waals surface area contributed by atoms with Crippen molar-refractivity contribution in [2.24, 2.45) is 5.92 Å². The van der Waals surface area contributed by atoms with Crippen LogP contribution in [0.1, 0.15) is 54.4 Å². The molecule has 6 nitrogen and oxygen atoms in total. The highest BCUT2D eigenvalue weighted by molar-refractivity contribution is 7.22. The number of amides is 1. The summed E-state index contributed by atoms with van der Waals surface area (Å²) in [6, 6.07) is 8.35. The number of thiophene rings is 1. The van der Waals surface area contributed by atoms with Crippen LogP contribution in [0.5, 0.6) is 0 Å². The van der Waals surface area contributed by atoms with Crippen molar-refractivity contribution in [1.29, 1.82) is 0 Å². The van der Waals surface area contributed by atoms with Crippen LogP contribution in [0.25, 0.3) is 20.7 Å². The van der Waals surface area contributed by atoms with E-state index in [2.05, 4.69) is 32.7 Å². The number of piperidine rings is 1. The molecule has 1 amide bonds. The Labute approximate surface area is 234 Å². The average molecular weight is 569 g/mol. The third kappa shape index (κ3) is 7.53. The van der Waals surface area contributed by atoms with E-state index in [0.29, 0.717) is 18.5 Å². The highest BCUT2D eigenvalue weighted by Gasteiger charge is 2.25. The summed E-state index contributed by atoms with van der Waals surface area (Å²) in [5, 5.41) is 7.49. The van der Waals surface area contributed by atoms with Gasteiger partial charge in [0.05, 0.1) is 10.6 Å². The number of nitrogens with zero attached hydrogens (tertiary/aromatic N) is 3. The van der Waals surface area contributed by atoms with Crippen molar-refractivity contribution < 1.29 is 9.18 Å². The third-order valence-corrected chi connectivity index (χ3v) is 8.21. The molecule has 1 aliphatic carbocycles. The van der Waals surface area contributed by atoms with Crippen LogP contribution in [0.3, 0.4) is 0 Å². The first kappa shape index (κ1) is 29.6. The molecule has 1 saturated carbocycles. The Balaban J connectivity index is 0.00000190. The van der Waals surface area contributed by atoms with Crippen LogP contribution in [-0.4, -0.2) is 59.7 Å². The van der Waals surface area contributed by atoms with E-state index in [4.69, 9.17) is 4.98 Å². The molecule has 202 valence electrons. The molecule has 5 rings (SSSR count). The van der Waals surface area contributed by atoms with Crippen molar-refractivity contribution in [1.82, 2.24) is 20.2 Å². The van der Waals surface area contributed by atoms with Gasteiger partial charge < -0.3 is 15.5 Å². The maximum atomic E-state index is 12.7. The van der Waals surface area contributed by atoms with Crippen LogP contribution in [0.2, 0.25) is 0 Å². The second-order valence-electron chi connectivity index (χ2n) is 9.84. The molecule has 2 N–H and O–H groups in total. The van der Waals surface area contributed by atoms with Crippen LogP contribution in [0.4, 0.5) is 10.3 Å². The first-order valence-electron chi connectivity index (χ1n) is 12.8. The molecular formula is C27H36Cl2FN5OS. The molecular weight excluding hydrogens is 532 g/mol. The Morgan fingerprint density at radius 2 is 1.97 bits per heavy atom. The van der Waals surface area contributed by atoms with E-state index in [1.807, 2.05) is 25.3 Å². The smallest absolute Gasteiger partial charge is 0.252 e. The lowest BCUT2D eigenvalue weighted by atomic mass is 9.92. The second-order valence-corrected chi connectivity index (χ2v) is 10.9. The number of hydrogen-bond acceptors (Lipinski definition) is 6. The summed E-state index contributed by atoms with van der Waals surface area (Å²) < 4.78 is 13.6. The Kier molecular flexibility index (Phi) is 10.9. The summed E-state index contributed by atoms with van der Waals surface area (Å²) in [4.78, 5) is 25.3. The van der Waals surface area contributed by atoms with E-state index in [9.17, 15) is 9.18 Å². The van der Waals surface area contributed by atoms with Crippen LogP contribution in [0.15, 0.2) is 30.5 Å². The van der Waals surface area contributed by atoms with Gasteiger partial charge in [0.1, 0.15) is 6.67 Å². The summed E-state index contributed by atoms with van der Waals surface area (Å²) in [6.45, 7) is 5.24. The number of halogens is 3. The molecule has 0 unspecified atom stereocenters. The summed E-state index contributed by atoms with van der Waals surface area (Å²) >= 11 is 1.66. The van der Waals surface area contributed by atoms with Gasteiger partial charge >= 0.3 is 0 Å². The highest BCUT2D eigenvalue weighted by Crippen LogP contribution is 2.36. The topological polar surface area (TPSA) is 70.2 Å². The van der Waals surface area contributed by atoms with E-state index in [-0.39, 0.29) is 37.4 Å². The molecule has 0 bridgehead atoms. The molecule has 10 heteroatoms. The lowest BCUT2D eigenvalue weighted by Crippen LogP contribution is -2.35. The average Bonchev–Trinajstić information content (AvgIpc) is 3.57. The number of carbonyl (C=O) groups excluding carboxylic acids is 1. The maximum Gasteiger partial charge on any atom is 0.252 e. The molecule has 2 aliphatic rings. The van der Waals surface area contributed by atoms with Gasteiger partial charge in [-0.05, 0) is 88.2 Å². The SMILES string of the molecule is Cc1cnc(NCCCC2CCN(CCF)CC2)nc1-c1cc2c(C(=O)NC3CC3)cccc2s1.Cl.Cl. The van der Waals surface area contributed by atoms with Gasteiger partial charge in [-0.15, -0.1) is 36.2 Å². The van der Waals surface area contributed by atoms with Crippen molar-refractivity contribution in [3.63, 3.8) is 0 Å². The quantitative estimate of drug-likeness (QED) is 0.282. The van der Waals surface area contributed by atoms with Gasteiger partial charge in [-0.3, -0.25) is 4.79 Å². The van der Waals surface area contributed by atoms with Crippen molar-refractivity contribution >= 4 is 58.1 Å². The number of carbonyl (C=O) groups is 1. The maximum absolute atomic E-state index is 12.7. The zero-order valence-corrected chi connectivity index (χ0v) is 23.6. The molecule has 37 heavy (non-hydrogen) atoms. The Morgan fingerprint density at radius 1 is 1.19 bits per heavy atom. The van der Waals surface area contributed by atoms with Crippen molar-refractivity contribution in [2.75, 3.05) is 38.2 Å². The number of aryl methyl sites for hydroxylation is 1. The van der Waals surface area contributed by atoms with E-state index >= 15 is 0 Å². The van der Waals surface area contributed by atoms with Gasteiger partial charge in [-0.1, -0.05) is 6.07 Å².